The summed E-state index contributed by atoms with van der Waals surface area (Å²) < 4.78 is 24.8. The molecule has 2 aliphatic rings. The topological polar surface area (TPSA) is 76.1 Å². The molecule has 6 nitrogen and oxygen atoms in total. The first-order chi connectivity index (χ1) is 14.9. The van der Waals surface area contributed by atoms with Crippen LogP contribution in [0.15, 0.2) is 42.5 Å². The molecule has 0 aliphatic carbocycles. The van der Waals surface area contributed by atoms with E-state index in [4.69, 9.17) is 26.2 Å². The van der Waals surface area contributed by atoms with Gasteiger partial charge in [0.25, 0.3) is 5.91 Å². The number of ether oxygens (including phenoxy) is 2. The molecular weight excluding hydrogens is 425 g/mol. The van der Waals surface area contributed by atoms with Gasteiger partial charge < -0.3 is 19.5 Å². The van der Waals surface area contributed by atoms with Crippen molar-refractivity contribution in [3.8, 4) is 11.5 Å². The number of carboxylic acids is 1. The standard InChI is InChI=1S/C23H23ClFNO5/c24-15-1-8-21(14(9-15)10-23(28)29)30-13-22(27)26-17-4-5-18(26)12-20(11-17)31-19-6-2-16(25)3-7-19/h1-3,6-9,17-18,20H,4-5,10-13H2,(H,28,29). The summed E-state index contributed by atoms with van der Waals surface area (Å²) in [5.41, 5.74) is 0.433. The zero-order chi connectivity index (χ0) is 22.0. The van der Waals surface area contributed by atoms with E-state index in [0.717, 1.165) is 12.8 Å². The molecule has 2 saturated heterocycles. The first-order valence-electron chi connectivity index (χ1n) is 10.3. The highest BCUT2D eigenvalue weighted by Crippen LogP contribution is 2.37. The van der Waals surface area contributed by atoms with Gasteiger partial charge in [-0.2, -0.15) is 0 Å². The van der Waals surface area contributed by atoms with Crippen LogP contribution in [0.5, 0.6) is 11.5 Å². The number of rotatable bonds is 7. The highest BCUT2D eigenvalue weighted by molar-refractivity contribution is 6.30. The predicted molar refractivity (Wildman–Crippen MR) is 112 cm³/mol. The van der Waals surface area contributed by atoms with Gasteiger partial charge in [-0.15, -0.1) is 0 Å². The van der Waals surface area contributed by atoms with Crippen LogP contribution in [0.2, 0.25) is 5.02 Å². The molecular formula is C23H23ClFNO5. The van der Waals surface area contributed by atoms with Crippen molar-refractivity contribution in [2.45, 2.75) is 50.3 Å². The summed E-state index contributed by atoms with van der Waals surface area (Å²) in [6.45, 7) is -0.162. The number of piperidine rings is 1. The largest absolute Gasteiger partial charge is 0.490 e. The van der Waals surface area contributed by atoms with Crippen LogP contribution in [0.1, 0.15) is 31.2 Å². The number of carboxylic acid groups (broad SMARTS) is 1. The van der Waals surface area contributed by atoms with Gasteiger partial charge in [0.1, 0.15) is 23.4 Å². The molecule has 0 saturated carbocycles. The van der Waals surface area contributed by atoms with Gasteiger partial charge in [-0.25, -0.2) is 4.39 Å². The first kappa shape index (κ1) is 21.4. The fourth-order valence-corrected chi connectivity index (χ4v) is 4.73. The minimum atomic E-state index is -1.00. The molecule has 0 radical (unpaired) electrons. The Morgan fingerprint density at radius 3 is 2.42 bits per heavy atom. The number of carbonyl (C=O) groups excluding carboxylic acids is 1. The molecule has 2 unspecified atom stereocenters. The van der Waals surface area contributed by atoms with Gasteiger partial charge in [0, 0.05) is 35.5 Å². The van der Waals surface area contributed by atoms with Crippen molar-refractivity contribution < 1.29 is 28.6 Å². The number of amides is 1. The average molecular weight is 448 g/mol. The zero-order valence-electron chi connectivity index (χ0n) is 16.8. The maximum Gasteiger partial charge on any atom is 0.307 e. The van der Waals surface area contributed by atoms with Crippen LogP contribution in [0.4, 0.5) is 4.39 Å². The van der Waals surface area contributed by atoms with E-state index in [2.05, 4.69) is 0 Å². The highest BCUT2D eigenvalue weighted by atomic mass is 35.5. The van der Waals surface area contributed by atoms with E-state index >= 15 is 0 Å². The monoisotopic (exact) mass is 447 g/mol. The van der Waals surface area contributed by atoms with Crippen molar-refractivity contribution in [2.24, 2.45) is 0 Å². The summed E-state index contributed by atoms with van der Waals surface area (Å²) in [5, 5.41) is 9.49. The first-order valence-corrected chi connectivity index (χ1v) is 10.6. The highest BCUT2D eigenvalue weighted by Gasteiger charge is 2.44. The number of halogens is 2. The molecule has 2 bridgehead atoms. The van der Waals surface area contributed by atoms with Gasteiger partial charge in [-0.1, -0.05) is 11.6 Å². The van der Waals surface area contributed by atoms with Gasteiger partial charge in [-0.3, -0.25) is 9.59 Å². The summed E-state index contributed by atoms with van der Waals surface area (Å²) in [5.74, 6) is -0.451. The number of benzene rings is 2. The lowest BCUT2D eigenvalue weighted by molar-refractivity contribution is -0.139. The molecule has 2 aliphatic heterocycles. The van der Waals surface area contributed by atoms with E-state index in [1.807, 2.05) is 4.90 Å². The Balaban J connectivity index is 1.36. The smallest absolute Gasteiger partial charge is 0.307 e. The second-order valence-corrected chi connectivity index (χ2v) is 8.40. The van der Waals surface area contributed by atoms with Crippen LogP contribution in [-0.2, 0) is 16.0 Å². The minimum Gasteiger partial charge on any atom is -0.490 e. The van der Waals surface area contributed by atoms with Gasteiger partial charge in [0.15, 0.2) is 6.61 Å². The SMILES string of the molecule is O=C(O)Cc1cc(Cl)ccc1OCC(=O)N1C2CCC1CC(Oc1ccc(F)cc1)C2. The molecule has 2 aromatic rings. The third kappa shape index (κ3) is 5.10. The Bertz CT molecular complexity index is 953. The average Bonchev–Trinajstić information content (AvgIpc) is 2.99. The van der Waals surface area contributed by atoms with E-state index in [9.17, 15) is 14.0 Å². The predicted octanol–water partition coefficient (Wildman–Crippen LogP) is 4.09. The Kier molecular flexibility index (Phi) is 6.32. The Labute approximate surface area is 184 Å². The van der Waals surface area contributed by atoms with Crippen molar-refractivity contribution in [2.75, 3.05) is 6.61 Å². The third-order valence-corrected chi connectivity index (χ3v) is 6.04. The number of nitrogens with zero attached hydrogens (tertiary/aromatic N) is 1. The lowest BCUT2D eigenvalue weighted by Gasteiger charge is -2.38. The molecule has 2 heterocycles. The molecule has 2 atom stereocenters. The molecule has 1 N–H and O–H groups in total. The van der Waals surface area contributed by atoms with Crippen LogP contribution in [0, 0.1) is 5.82 Å². The van der Waals surface area contributed by atoms with Crippen LogP contribution in [0.25, 0.3) is 0 Å². The van der Waals surface area contributed by atoms with Crippen LogP contribution >= 0.6 is 11.6 Å². The van der Waals surface area contributed by atoms with E-state index in [0.29, 0.717) is 34.9 Å². The molecule has 2 aromatic carbocycles. The van der Waals surface area contributed by atoms with Crippen molar-refractivity contribution in [3.63, 3.8) is 0 Å². The Morgan fingerprint density at radius 1 is 1.10 bits per heavy atom. The number of hydrogen-bond acceptors (Lipinski definition) is 4. The maximum atomic E-state index is 13.1. The lowest BCUT2D eigenvalue weighted by Crippen LogP contribution is -2.50. The van der Waals surface area contributed by atoms with Crippen LogP contribution in [0.3, 0.4) is 0 Å². The van der Waals surface area contributed by atoms with E-state index in [1.165, 1.54) is 18.2 Å². The normalized spacial score (nSPS) is 22.3. The van der Waals surface area contributed by atoms with Crippen molar-refractivity contribution in [1.29, 1.82) is 0 Å². The lowest BCUT2D eigenvalue weighted by atomic mass is 9.99. The molecule has 1 amide bonds. The van der Waals surface area contributed by atoms with Gasteiger partial charge in [0.05, 0.1) is 6.42 Å². The minimum absolute atomic E-state index is 0.0219. The van der Waals surface area contributed by atoms with Gasteiger partial charge in [0.2, 0.25) is 0 Å². The fourth-order valence-electron chi connectivity index (χ4n) is 4.54. The van der Waals surface area contributed by atoms with Crippen molar-refractivity contribution >= 4 is 23.5 Å². The summed E-state index contributed by atoms with van der Waals surface area (Å²) in [4.78, 5) is 25.9. The molecule has 4 rings (SSSR count). The number of fused-ring (bicyclic) bond motifs is 2. The quantitative estimate of drug-likeness (QED) is 0.692. The number of carbonyl (C=O) groups is 2. The summed E-state index contributed by atoms with van der Waals surface area (Å²) in [7, 11) is 0. The number of hydrogen-bond donors (Lipinski definition) is 1. The Hall–Kier alpha value is -2.80. The molecule has 0 spiro atoms. The molecule has 2 fully saturated rings. The maximum absolute atomic E-state index is 13.1. The van der Waals surface area contributed by atoms with Crippen LogP contribution < -0.4 is 9.47 Å². The van der Waals surface area contributed by atoms with Crippen molar-refractivity contribution in [3.05, 3.63) is 58.9 Å². The van der Waals surface area contributed by atoms with Gasteiger partial charge in [-0.05, 0) is 55.3 Å². The summed E-state index contributed by atoms with van der Waals surface area (Å²) in [6, 6.07) is 10.8. The van der Waals surface area contributed by atoms with Crippen molar-refractivity contribution in [1.82, 2.24) is 4.90 Å². The second kappa shape index (κ2) is 9.14. The second-order valence-electron chi connectivity index (χ2n) is 7.96. The number of aliphatic carboxylic acids is 1. The molecule has 31 heavy (non-hydrogen) atoms. The van der Waals surface area contributed by atoms with Crippen LogP contribution in [-0.4, -0.2) is 46.7 Å². The van der Waals surface area contributed by atoms with E-state index < -0.39 is 5.97 Å². The Morgan fingerprint density at radius 2 is 1.77 bits per heavy atom. The summed E-state index contributed by atoms with van der Waals surface area (Å²) >= 11 is 5.96. The molecule has 8 heteroatoms. The van der Waals surface area contributed by atoms with E-state index in [-0.39, 0.29) is 42.9 Å². The molecule has 0 aromatic heterocycles. The zero-order valence-corrected chi connectivity index (χ0v) is 17.6. The third-order valence-electron chi connectivity index (χ3n) is 5.81. The molecule has 164 valence electrons. The van der Waals surface area contributed by atoms with Gasteiger partial charge >= 0.3 is 5.97 Å². The fraction of sp³-hybridized carbons (Fsp3) is 0.391. The van der Waals surface area contributed by atoms with E-state index in [1.54, 1.807) is 24.3 Å². The summed E-state index contributed by atoms with van der Waals surface area (Å²) in [6.07, 6.45) is 2.98.